The van der Waals surface area contributed by atoms with Gasteiger partial charge in [-0.3, -0.25) is 4.79 Å². The Hall–Kier alpha value is -2.20. The molecular weight excluding hydrogens is 316 g/mol. The predicted octanol–water partition coefficient (Wildman–Crippen LogP) is 3.09. The summed E-state index contributed by atoms with van der Waals surface area (Å²) >= 11 is 0. The first-order valence-corrected chi connectivity index (χ1v) is 10.2. The van der Waals surface area contributed by atoms with E-state index in [1.165, 1.54) is 0 Å². The molecule has 24 heavy (non-hydrogen) atoms. The van der Waals surface area contributed by atoms with E-state index in [9.17, 15) is 14.7 Å². The van der Waals surface area contributed by atoms with E-state index in [1.807, 2.05) is 60.7 Å². The second-order valence-electron chi connectivity index (χ2n) is 7.08. The Morgan fingerprint density at radius 3 is 1.71 bits per heavy atom. The lowest BCUT2D eigenvalue weighted by molar-refractivity contribution is -0.137. The largest absolute Gasteiger partial charge is 0.481 e. The van der Waals surface area contributed by atoms with Crippen molar-refractivity contribution in [1.29, 1.82) is 0 Å². The van der Waals surface area contributed by atoms with Crippen molar-refractivity contribution in [2.45, 2.75) is 37.8 Å². The molecule has 1 N–H and O–H groups in total. The Morgan fingerprint density at radius 1 is 1.00 bits per heavy atom. The average Bonchev–Trinajstić information content (AvgIpc) is 2.55. The van der Waals surface area contributed by atoms with E-state index in [1.54, 1.807) is 0 Å². The topological polar surface area (TPSA) is 54.4 Å². The van der Waals surface area contributed by atoms with Gasteiger partial charge in [-0.25, -0.2) is 0 Å². The van der Waals surface area contributed by atoms with Gasteiger partial charge in [-0.2, -0.15) is 0 Å². The quantitative estimate of drug-likeness (QED) is 0.649. The molecule has 0 heterocycles. The van der Waals surface area contributed by atoms with Crippen molar-refractivity contribution in [3.05, 3.63) is 60.7 Å². The maximum atomic E-state index is 12.2. The molecule has 2 aromatic carbocycles. The van der Waals surface area contributed by atoms with Gasteiger partial charge in [0.25, 0.3) is 0 Å². The summed E-state index contributed by atoms with van der Waals surface area (Å²) in [6.45, 7) is 6.29. The number of aldehydes is 1. The van der Waals surface area contributed by atoms with E-state index >= 15 is 0 Å². The lowest BCUT2D eigenvalue weighted by atomic mass is 10.2. The number of rotatable bonds is 6. The number of carboxylic acid groups (broad SMARTS) is 1. The van der Waals surface area contributed by atoms with Crippen LogP contribution in [0, 0.1) is 0 Å². The summed E-state index contributed by atoms with van der Waals surface area (Å²) in [5, 5.41) is 11.8. The molecule has 0 aromatic heterocycles. The Labute approximate surface area is 144 Å². The van der Waals surface area contributed by atoms with Crippen LogP contribution in [0.15, 0.2) is 60.7 Å². The molecule has 0 radical (unpaired) electrons. The lowest BCUT2D eigenvalue weighted by Crippen LogP contribution is -2.68. The highest BCUT2D eigenvalue weighted by Crippen LogP contribution is 2.44. The molecule has 0 saturated heterocycles. The van der Waals surface area contributed by atoms with Gasteiger partial charge in [0.15, 0.2) is 0 Å². The van der Waals surface area contributed by atoms with Crippen LogP contribution < -0.4 is 10.4 Å². The normalized spacial score (nSPS) is 13.3. The average molecular weight is 340 g/mol. The van der Waals surface area contributed by atoms with E-state index in [2.05, 4.69) is 20.8 Å². The van der Waals surface area contributed by atoms with Gasteiger partial charge >= 0.3 is 5.97 Å². The lowest BCUT2D eigenvalue weighted by Gasteiger charge is -2.47. The Balaban J connectivity index is 2.89. The zero-order valence-electron chi connectivity index (χ0n) is 14.4. The number of hydrogen-bond donors (Lipinski definition) is 1. The minimum atomic E-state index is -2.79. The predicted molar refractivity (Wildman–Crippen MR) is 99.7 cm³/mol. The maximum absolute atomic E-state index is 12.2. The number of benzene rings is 2. The monoisotopic (exact) mass is 340 g/mol. The van der Waals surface area contributed by atoms with Gasteiger partial charge in [0.05, 0.1) is 5.54 Å². The van der Waals surface area contributed by atoms with Gasteiger partial charge < -0.3 is 9.90 Å². The molecule has 0 amide bonds. The van der Waals surface area contributed by atoms with Gasteiger partial charge in [-0.1, -0.05) is 91.8 Å². The summed E-state index contributed by atoms with van der Waals surface area (Å²) in [6, 6.07) is 19.7. The van der Waals surface area contributed by atoms with Crippen molar-refractivity contribution >= 4 is 30.7 Å². The fraction of sp³-hybridized carbons (Fsp3) is 0.300. The Morgan fingerprint density at radius 2 is 1.42 bits per heavy atom. The molecule has 126 valence electrons. The second-order valence-corrected chi connectivity index (χ2v) is 12.1. The molecule has 0 spiro atoms. The van der Waals surface area contributed by atoms with E-state index < -0.39 is 19.6 Å². The maximum Gasteiger partial charge on any atom is 0.304 e. The van der Waals surface area contributed by atoms with Crippen LogP contribution in [0.4, 0.5) is 0 Å². The molecule has 1 unspecified atom stereocenters. The van der Waals surface area contributed by atoms with Crippen molar-refractivity contribution in [2.24, 2.45) is 0 Å². The molecule has 0 saturated carbocycles. The summed E-state index contributed by atoms with van der Waals surface area (Å²) in [7, 11) is -2.79. The zero-order chi connectivity index (χ0) is 17.8. The number of hydrogen-bond acceptors (Lipinski definition) is 2. The van der Waals surface area contributed by atoms with Crippen LogP contribution in [0.5, 0.6) is 0 Å². The van der Waals surface area contributed by atoms with Crippen LogP contribution in [-0.2, 0) is 9.59 Å². The number of carboxylic acids is 1. The van der Waals surface area contributed by atoms with Crippen molar-refractivity contribution in [1.82, 2.24) is 0 Å². The molecule has 0 aliphatic heterocycles. The molecular formula is C20H24O3Si. The van der Waals surface area contributed by atoms with Crippen LogP contribution in [0.1, 0.15) is 27.2 Å². The van der Waals surface area contributed by atoms with Crippen molar-refractivity contribution < 1.29 is 14.7 Å². The highest BCUT2D eigenvalue weighted by atomic mass is 28.3. The number of aliphatic carboxylic acids is 1. The first-order chi connectivity index (χ1) is 11.4. The second kappa shape index (κ2) is 7.14. The van der Waals surface area contributed by atoms with Crippen LogP contribution in [0.3, 0.4) is 0 Å². The zero-order valence-corrected chi connectivity index (χ0v) is 15.4. The molecule has 0 fully saturated rings. The standard InChI is InChI=1S/C20H24O3Si/c1-20(2,3)24(16-10-6-4-7-11-16,17-12-8-5-9-13-17)18(14-15-21)19(22)23/h4-13,15,18H,14H2,1-3H3,(H,22,23). The Kier molecular flexibility index (Phi) is 5.39. The summed E-state index contributed by atoms with van der Waals surface area (Å²) < 4.78 is 0. The van der Waals surface area contributed by atoms with Crippen LogP contribution in [-0.4, -0.2) is 25.4 Å². The summed E-state index contributed by atoms with van der Waals surface area (Å²) in [4.78, 5) is 23.5. The molecule has 3 nitrogen and oxygen atoms in total. The highest BCUT2D eigenvalue weighted by molar-refractivity contribution is 7.06. The highest BCUT2D eigenvalue weighted by Gasteiger charge is 2.55. The van der Waals surface area contributed by atoms with Crippen molar-refractivity contribution in [3.63, 3.8) is 0 Å². The summed E-state index contributed by atoms with van der Waals surface area (Å²) in [5.74, 6) is -0.892. The third-order valence-corrected chi connectivity index (χ3v) is 11.2. The minimum absolute atomic E-state index is 0.0304. The fourth-order valence-corrected chi connectivity index (χ4v) is 10.1. The van der Waals surface area contributed by atoms with Gasteiger partial charge in [-0.15, -0.1) is 0 Å². The molecule has 0 aliphatic carbocycles. The van der Waals surface area contributed by atoms with Crippen LogP contribution >= 0.6 is 0 Å². The summed E-state index contributed by atoms with van der Waals surface area (Å²) in [6.07, 6.45) is 0.779. The van der Waals surface area contributed by atoms with Gasteiger partial charge in [0, 0.05) is 6.42 Å². The number of carbonyl (C=O) groups excluding carboxylic acids is 1. The first-order valence-electron chi connectivity index (χ1n) is 8.13. The number of carbonyl (C=O) groups is 2. The van der Waals surface area contributed by atoms with E-state index in [4.69, 9.17) is 0 Å². The van der Waals surface area contributed by atoms with Gasteiger partial charge in [-0.05, 0) is 5.04 Å². The third kappa shape index (κ3) is 3.06. The van der Waals surface area contributed by atoms with Gasteiger partial charge in [0.1, 0.15) is 14.4 Å². The van der Waals surface area contributed by atoms with Crippen molar-refractivity contribution in [3.8, 4) is 0 Å². The first kappa shape index (κ1) is 18.1. The van der Waals surface area contributed by atoms with Crippen LogP contribution in [0.2, 0.25) is 10.6 Å². The van der Waals surface area contributed by atoms with E-state index in [0.717, 1.165) is 16.7 Å². The molecule has 1 atom stereocenters. The molecule has 2 rings (SSSR count). The molecule has 2 aromatic rings. The van der Waals surface area contributed by atoms with Gasteiger partial charge in [0.2, 0.25) is 0 Å². The summed E-state index contributed by atoms with van der Waals surface area (Å²) in [5.41, 5.74) is -0.709. The SMILES string of the molecule is CC(C)(C)[Si](c1ccccc1)(c1ccccc1)C(CC=O)C(=O)O. The molecule has 0 bridgehead atoms. The Bertz CT molecular complexity index is 650. The third-order valence-electron chi connectivity index (χ3n) is 4.79. The van der Waals surface area contributed by atoms with Crippen LogP contribution in [0.25, 0.3) is 0 Å². The smallest absolute Gasteiger partial charge is 0.304 e. The molecule has 4 heteroatoms. The van der Waals surface area contributed by atoms with E-state index in [0.29, 0.717) is 0 Å². The minimum Gasteiger partial charge on any atom is -0.481 e. The fourth-order valence-electron chi connectivity index (χ4n) is 3.92. The van der Waals surface area contributed by atoms with E-state index in [-0.39, 0.29) is 11.5 Å². The van der Waals surface area contributed by atoms with Crippen molar-refractivity contribution in [2.75, 3.05) is 0 Å². The molecule has 0 aliphatic rings.